The van der Waals surface area contributed by atoms with Gasteiger partial charge in [0.05, 0.1) is 7.59 Å². The first kappa shape index (κ1) is 18.0. The van der Waals surface area contributed by atoms with E-state index in [1.807, 2.05) is 0 Å². The smallest absolute Gasteiger partial charge is 0.0875 e. The predicted octanol–water partition coefficient (Wildman–Crippen LogP) is 6.02. The van der Waals surface area contributed by atoms with Crippen molar-refractivity contribution in [2.75, 3.05) is 0 Å². The lowest BCUT2D eigenvalue weighted by Crippen LogP contribution is -2.64. The van der Waals surface area contributed by atoms with Crippen LogP contribution in [0.3, 0.4) is 0 Å². The number of hydrogen-bond acceptors (Lipinski definition) is 0. The lowest BCUT2D eigenvalue weighted by atomic mass is 10.0. The average molecular weight is 383 g/mol. The summed E-state index contributed by atoms with van der Waals surface area (Å²) in [7, 11) is -3.53. The van der Waals surface area contributed by atoms with Crippen LogP contribution in [0.5, 0.6) is 0 Å². The van der Waals surface area contributed by atoms with Crippen LogP contribution in [0.2, 0.25) is 19.6 Å². The minimum absolute atomic E-state index is 1.33. The Morgan fingerprint density at radius 1 is 0.593 bits per heavy atom. The van der Waals surface area contributed by atoms with Gasteiger partial charge in [-0.05, 0) is 21.9 Å². The second-order valence-corrected chi connectivity index (χ2v) is 22.7. The molecule has 1 unspecified atom stereocenters. The van der Waals surface area contributed by atoms with Crippen LogP contribution in [0.4, 0.5) is 0 Å². The Labute approximate surface area is 164 Å². The van der Waals surface area contributed by atoms with E-state index in [9.17, 15) is 0 Å². The van der Waals surface area contributed by atoms with E-state index < -0.39 is 15.2 Å². The average Bonchev–Trinajstić information content (AvgIpc) is 3.12. The van der Waals surface area contributed by atoms with Gasteiger partial charge in [0.25, 0.3) is 0 Å². The van der Waals surface area contributed by atoms with E-state index in [0.717, 1.165) is 0 Å². The minimum atomic E-state index is -1.99. The number of rotatable bonds is 4. The fourth-order valence-electron chi connectivity index (χ4n) is 4.43. The molecule has 3 aromatic carbocycles. The van der Waals surface area contributed by atoms with Crippen molar-refractivity contribution < 1.29 is 0 Å². The SMILES string of the molecule is C[Si](C)(C)[Si]1(c2ccccc2)C=CC(c2ccccc2)=C1c1ccccc1. The summed E-state index contributed by atoms with van der Waals surface area (Å²) in [6.07, 6.45) is 2.43. The van der Waals surface area contributed by atoms with Gasteiger partial charge in [0.1, 0.15) is 7.59 Å². The standard InChI is InChI=1S/C25H26Si2/c1-26(2,3)27(23-17-11-6-12-18-23)20-19-24(21-13-7-4-8-14-21)25(27)22-15-9-5-10-16-22/h4-20H,1-3H3. The summed E-state index contributed by atoms with van der Waals surface area (Å²) in [4.78, 5) is 0. The Balaban J connectivity index is 2.08. The molecule has 0 N–H and O–H groups in total. The fourth-order valence-corrected chi connectivity index (χ4v) is 17.5. The van der Waals surface area contributed by atoms with Crippen molar-refractivity contribution in [2.45, 2.75) is 19.6 Å². The second kappa shape index (κ2) is 6.95. The van der Waals surface area contributed by atoms with Crippen molar-refractivity contribution in [3.05, 3.63) is 114 Å². The topological polar surface area (TPSA) is 0 Å². The van der Waals surface area contributed by atoms with Gasteiger partial charge in [-0.2, -0.15) is 0 Å². The van der Waals surface area contributed by atoms with Gasteiger partial charge in [0, 0.05) is 0 Å². The summed E-state index contributed by atoms with van der Waals surface area (Å²) < 4.78 is 0. The first-order valence-corrected chi connectivity index (χ1v) is 16.2. The summed E-state index contributed by atoms with van der Waals surface area (Å²) in [5.41, 5.74) is 6.76. The maximum absolute atomic E-state index is 2.62. The van der Waals surface area contributed by atoms with E-state index >= 15 is 0 Å². The van der Waals surface area contributed by atoms with Crippen LogP contribution in [0.25, 0.3) is 10.8 Å². The molecule has 27 heavy (non-hydrogen) atoms. The first-order chi connectivity index (χ1) is 13.0. The molecule has 1 aliphatic heterocycles. The highest BCUT2D eigenvalue weighted by molar-refractivity contribution is 7.55. The van der Waals surface area contributed by atoms with E-state index in [-0.39, 0.29) is 0 Å². The molecule has 0 bridgehead atoms. The molecular weight excluding hydrogens is 356 g/mol. The highest BCUT2D eigenvalue weighted by Gasteiger charge is 2.51. The Bertz CT molecular complexity index is 981. The molecule has 1 atom stereocenters. The maximum Gasteiger partial charge on any atom is 0.133 e. The van der Waals surface area contributed by atoms with Crippen LogP contribution in [-0.2, 0) is 0 Å². The van der Waals surface area contributed by atoms with E-state index in [1.54, 1.807) is 10.4 Å². The highest BCUT2D eigenvalue weighted by atomic mass is 29.3. The maximum atomic E-state index is 2.62. The molecule has 3 aromatic rings. The Kier molecular flexibility index (Phi) is 4.62. The van der Waals surface area contributed by atoms with Crippen LogP contribution in [-0.4, -0.2) is 15.2 Å². The zero-order chi connectivity index (χ0) is 18.9. The Morgan fingerprint density at radius 3 is 1.59 bits per heavy atom. The fraction of sp³-hybridized carbons (Fsp3) is 0.120. The molecule has 0 spiro atoms. The lowest BCUT2D eigenvalue weighted by molar-refractivity contribution is 1.61. The largest absolute Gasteiger partial charge is 0.133 e. The van der Waals surface area contributed by atoms with Gasteiger partial charge in [-0.15, -0.1) is 0 Å². The minimum Gasteiger partial charge on any atom is -0.0875 e. The molecule has 134 valence electrons. The van der Waals surface area contributed by atoms with E-state index in [0.29, 0.717) is 0 Å². The van der Waals surface area contributed by atoms with Crippen LogP contribution in [0.15, 0.2) is 103 Å². The van der Waals surface area contributed by atoms with Crippen molar-refractivity contribution in [3.63, 3.8) is 0 Å². The molecular formula is C25H26Si2. The van der Waals surface area contributed by atoms with Crippen LogP contribution < -0.4 is 5.19 Å². The molecule has 2 heteroatoms. The molecule has 4 rings (SSSR count). The molecule has 1 heterocycles. The molecule has 0 radical (unpaired) electrons. The number of benzene rings is 3. The third-order valence-electron chi connectivity index (χ3n) is 5.72. The number of allylic oxidation sites excluding steroid dienone is 2. The summed E-state index contributed by atoms with van der Waals surface area (Å²) in [6.45, 7) is 7.65. The van der Waals surface area contributed by atoms with Gasteiger partial charge in [-0.25, -0.2) is 0 Å². The van der Waals surface area contributed by atoms with Gasteiger partial charge in [-0.1, -0.05) is 128 Å². The predicted molar refractivity (Wildman–Crippen MR) is 124 cm³/mol. The zero-order valence-electron chi connectivity index (χ0n) is 16.3. The molecule has 0 fully saturated rings. The van der Waals surface area contributed by atoms with Crippen molar-refractivity contribution in [2.24, 2.45) is 0 Å². The summed E-state index contributed by atoms with van der Waals surface area (Å²) in [6, 6.07) is 33.3. The lowest BCUT2D eigenvalue weighted by Gasteiger charge is -2.41. The summed E-state index contributed by atoms with van der Waals surface area (Å²) >= 11 is 0. The quantitative estimate of drug-likeness (QED) is 0.484. The van der Waals surface area contributed by atoms with Crippen molar-refractivity contribution in [1.29, 1.82) is 0 Å². The van der Waals surface area contributed by atoms with Crippen molar-refractivity contribution in [3.8, 4) is 0 Å². The molecule has 0 amide bonds. The van der Waals surface area contributed by atoms with Gasteiger partial charge in [0.2, 0.25) is 0 Å². The molecule has 0 aromatic heterocycles. The number of hydrogen-bond donors (Lipinski definition) is 0. The molecule has 0 aliphatic carbocycles. The summed E-state index contributed by atoms with van der Waals surface area (Å²) in [5.74, 6) is 0. The highest BCUT2D eigenvalue weighted by Crippen LogP contribution is 2.44. The van der Waals surface area contributed by atoms with Crippen LogP contribution in [0, 0.1) is 0 Å². The van der Waals surface area contributed by atoms with Gasteiger partial charge in [0.15, 0.2) is 0 Å². The monoisotopic (exact) mass is 382 g/mol. The Morgan fingerprint density at radius 2 is 1.07 bits per heavy atom. The third kappa shape index (κ3) is 2.99. The van der Waals surface area contributed by atoms with E-state index in [1.165, 1.54) is 16.7 Å². The van der Waals surface area contributed by atoms with Crippen LogP contribution >= 0.6 is 0 Å². The molecule has 0 saturated carbocycles. The second-order valence-electron chi connectivity index (χ2n) is 8.28. The Hall–Kier alpha value is -2.43. The van der Waals surface area contributed by atoms with Gasteiger partial charge < -0.3 is 0 Å². The molecule has 0 saturated heterocycles. The molecule has 1 aliphatic rings. The summed E-state index contributed by atoms with van der Waals surface area (Å²) in [5, 5.41) is 3.14. The third-order valence-corrected chi connectivity index (χ3v) is 20.6. The first-order valence-electron chi connectivity index (χ1n) is 9.64. The van der Waals surface area contributed by atoms with Crippen molar-refractivity contribution >= 4 is 31.1 Å². The van der Waals surface area contributed by atoms with Crippen LogP contribution in [0.1, 0.15) is 11.1 Å². The van der Waals surface area contributed by atoms with Gasteiger partial charge >= 0.3 is 0 Å². The van der Waals surface area contributed by atoms with Crippen molar-refractivity contribution in [1.82, 2.24) is 0 Å². The zero-order valence-corrected chi connectivity index (χ0v) is 18.3. The van der Waals surface area contributed by atoms with Gasteiger partial charge in [-0.3, -0.25) is 0 Å². The van der Waals surface area contributed by atoms with E-state index in [2.05, 4.69) is 122 Å². The normalized spacial score (nSPS) is 19.5. The van der Waals surface area contributed by atoms with E-state index in [4.69, 9.17) is 0 Å². The molecule has 0 nitrogen and oxygen atoms in total.